The number of esters is 1. The van der Waals surface area contributed by atoms with Gasteiger partial charge in [0.15, 0.2) is 0 Å². The minimum atomic E-state index is -1.01. The Balaban J connectivity index is 2.02. The fourth-order valence-electron chi connectivity index (χ4n) is 1.67. The molecule has 21 heavy (non-hydrogen) atoms. The number of carbonyl (C=O) groups is 2. The summed E-state index contributed by atoms with van der Waals surface area (Å²) in [7, 11) is 0. The van der Waals surface area contributed by atoms with E-state index >= 15 is 0 Å². The van der Waals surface area contributed by atoms with E-state index in [0.717, 1.165) is 0 Å². The monoisotopic (exact) mass is 305 g/mol. The Labute approximate surface area is 125 Å². The van der Waals surface area contributed by atoms with Crippen molar-refractivity contribution >= 4 is 29.2 Å². The molecule has 0 aromatic heterocycles. The zero-order valence-electron chi connectivity index (χ0n) is 10.9. The minimum Gasteiger partial charge on any atom is -0.478 e. The molecule has 0 aliphatic rings. The number of nitrogens with two attached hydrogens (primary N) is 1. The van der Waals surface area contributed by atoms with Crippen molar-refractivity contribution in [2.24, 2.45) is 0 Å². The van der Waals surface area contributed by atoms with Crippen molar-refractivity contribution in [3.8, 4) is 0 Å². The van der Waals surface area contributed by atoms with E-state index in [2.05, 4.69) is 0 Å². The van der Waals surface area contributed by atoms with Crippen molar-refractivity contribution in [1.29, 1.82) is 0 Å². The Kier molecular flexibility index (Phi) is 4.45. The van der Waals surface area contributed by atoms with Gasteiger partial charge in [0.2, 0.25) is 0 Å². The van der Waals surface area contributed by atoms with Crippen LogP contribution in [0.3, 0.4) is 0 Å². The Hall–Kier alpha value is -2.53. The molecular weight excluding hydrogens is 294 g/mol. The van der Waals surface area contributed by atoms with Crippen LogP contribution in [0.4, 0.5) is 5.69 Å². The predicted octanol–water partition coefficient (Wildman–Crippen LogP) is 2.98. The van der Waals surface area contributed by atoms with Crippen LogP contribution < -0.4 is 5.73 Å². The molecule has 5 nitrogen and oxygen atoms in total. The van der Waals surface area contributed by atoms with E-state index in [-0.39, 0.29) is 22.8 Å². The van der Waals surface area contributed by atoms with E-state index in [1.165, 1.54) is 24.3 Å². The highest BCUT2D eigenvalue weighted by Gasteiger charge is 2.12. The Bertz CT molecular complexity index is 683. The quantitative estimate of drug-likeness (QED) is 0.669. The number of aromatic carboxylic acids is 1. The molecule has 0 aliphatic carbocycles. The van der Waals surface area contributed by atoms with Crippen LogP contribution in [0.2, 0.25) is 5.02 Å². The second-order valence-electron chi connectivity index (χ2n) is 4.32. The molecule has 0 fully saturated rings. The van der Waals surface area contributed by atoms with Crippen LogP contribution in [0.5, 0.6) is 0 Å². The molecule has 0 radical (unpaired) electrons. The Morgan fingerprint density at radius 2 is 1.81 bits per heavy atom. The van der Waals surface area contributed by atoms with Gasteiger partial charge in [0.05, 0.1) is 16.1 Å². The smallest absolute Gasteiger partial charge is 0.339 e. The topological polar surface area (TPSA) is 89.6 Å². The van der Waals surface area contributed by atoms with Gasteiger partial charge in [0.1, 0.15) is 6.61 Å². The Morgan fingerprint density at radius 1 is 1.14 bits per heavy atom. The van der Waals surface area contributed by atoms with Gasteiger partial charge in [-0.15, -0.1) is 0 Å². The first kappa shape index (κ1) is 14.9. The fraction of sp³-hybridized carbons (Fsp3) is 0.0667. The van der Waals surface area contributed by atoms with E-state index in [1.807, 2.05) is 0 Å². The number of hydrogen-bond donors (Lipinski definition) is 2. The van der Waals surface area contributed by atoms with Crippen LogP contribution in [0.25, 0.3) is 0 Å². The normalized spacial score (nSPS) is 10.1. The molecular formula is C15H12ClNO4. The molecule has 2 aromatic rings. The van der Waals surface area contributed by atoms with Crippen LogP contribution in [-0.4, -0.2) is 17.0 Å². The maximum Gasteiger partial charge on any atom is 0.339 e. The summed E-state index contributed by atoms with van der Waals surface area (Å²) in [5.74, 6) is -1.57. The lowest BCUT2D eigenvalue weighted by atomic mass is 10.1. The number of halogens is 1. The maximum absolute atomic E-state index is 11.9. The largest absolute Gasteiger partial charge is 0.478 e. The van der Waals surface area contributed by atoms with Gasteiger partial charge in [-0.1, -0.05) is 23.7 Å². The highest BCUT2D eigenvalue weighted by molar-refractivity contribution is 6.33. The first-order valence-electron chi connectivity index (χ1n) is 6.02. The zero-order valence-corrected chi connectivity index (χ0v) is 11.6. The average Bonchev–Trinajstić information content (AvgIpc) is 2.45. The van der Waals surface area contributed by atoms with Gasteiger partial charge in [-0.25, -0.2) is 9.59 Å². The van der Waals surface area contributed by atoms with Gasteiger partial charge in [-0.3, -0.25) is 0 Å². The van der Waals surface area contributed by atoms with Crippen LogP contribution in [0.15, 0.2) is 42.5 Å². The van der Waals surface area contributed by atoms with Crippen molar-refractivity contribution in [2.75, 3.05) is 5.73 Å². The number of benzene rings is 2. The second-order valence-corrected chi connectivity index (χ2v) is 4.72. The van der Waals surface area contributed by atoms with E-state index in [9.17, 15) is 9.59 Å². The summed E-state index contributed by atoms with van der Waals surface area (Å²) in [5.41, 5.74) is 7.09. The van der Waals surface area contributed by atoms with E-state index in [1.54, 1.807) is 18.2 Å². The van der Waals surface area contributed by atoms with Gasteiger partial charge in [0, 0.05) is 5.69 Å². The third-order valence-electron chi connectivity index (χ3n) is 2.78. The van der Waals surface area contributed by atoms with Crippen LogP contribution in [0, 0.1) is 0 Å². The van der Waals surface area contributed by atoms with Gasteiger partial charge in [-0.2, -0.15) is 0 Å². The molecule has 0 heterocycles. The molecule has 0 bridgehead atoms. The number of ether oxygens (including phenoxy) is 1. The number of carboxylic acid groups (broad SMARTS) is 1. The molecule has 6 heteroatoms. The van der Waals surface area contributed by atoms with Crippen molar-refractivity contribution in [3.05, 3.63) is 64.2 Å². The van der Waals surface area contributed by atoms with E-state index < -0.39 is 11.9 Å². The number of carboxylic acids is 1. The van der Waals surface area contributed by atoms with Gasteiger partial charge in [0.25, 0.3) is 0 Å². The molecule has 2 rings (SSSR count). The van der Waals surface area contributed by atoms with Gasteiger partial charge < -0.3 is 15.6 Å². The van der Waals surface area contributed by atoms with Gasteiger partial charge in [-0.05, 0) is 35.9 Å². The summed E-state index contributed by atoms with van der Waals surface area (Å²) >= 11 is 5.92. The number of rotatable bonds is 4. The number of anilines is 1. The molecule has 0 amide bonds. The molecule has 0 spiro atoms. The average molecular weight is 306 g/mol. The Morgan fingerprint density at radius 3 is 2.38 bits per heavy atom. The molecule has 0 saturated heterocycles. The van der Waals surface area contributed by atoms with E-state index in [4.69, 9.17) is 27.2 Å². The lowest BCUT2D eigenvalue weighted by molar-refractivity contribution is 0.0472. The first-order valence-corrected chi connectivity index (χ1v) is 6.39. The highest BCUT2D eigenvalue weighted by Crippen LogP contribution is 2.20. The van der Waals surface area contributed by atoms with Gasteiger partial charge >= 0.3 is 11.9 Å². The number of carbonyl (C=O) groups excluding carboxylic acids is 1. The van der Waals surface area contributed by atoms with Crippen LogP contribution in [-0.2, 0) is 11.3 Å². The number of nitrogen functional groups attached to an aromatic ring is 1. The highest BCUT2D eigenvalue weighted by atomic mass is 35.5. The van der Waals surface area contributed by atoms with Crippen LogP contribution in [0.1, 0.15) is 26.3 Å². The van der Waals surface area contributed by atoms with Crippen molar-refractivity contribution in [3.63, 3.8) is 0 Å². The second kappa shape index (κ2) is 6.28. The summed E-state index contributed by atoms with van der Waals surface area (Å²) in [6.45, 7) is 0.0272. The minimum absolute atomic E-state index is 0.0272. The fourth-order valence-corrected chi connectivity index (χ4v) is 1.93. The molecule has 0 unspecified atom stereocenters. The molecule has 0 aliphatic heterocycles. The SMILES string of the molecule is Nc1ccc(C(=O)OCc2ccc(C(=O)O)cc2)c(Cl)c1. The predicted molar refractivity (Wildman–Crippen MR) is 78.4 cm³/mol. The standard InChI is InChI=1S/C15H12ClNO4/c16-13-7-11(17)5-6-12(13)15(20)21-8-9-1-3-10(4-2-9)14(18)19/h1-7H,8,17H2,(H,18,19). The van der Waals surface area contributed by atoms with Crippen LogP contribution >= 0.6 is 11.6 Å². The summed E-state index contributed by atoms with van der Waals surface area (Å²) < 4.78 is 5.12. The summed E-state index contributed by atoms with van der Waals surface area (Å²) in [4.78, 5) is 22.6. The third kappa shape index (κ3) is 3.73. The molecule has 0 saturated carbocycles. The third-order valence-corrected chi connectivity index (χ3v) is 3.10. The number of hydrogen-bond acceptors (Lipinski definition) is 4. The molecule has 108 valence electrons. The first-order chi connectivity index (χ1) is 9.97. The maximum atomic E-state index is 11.9. The summed E-state index contributed by atoms with van der Waals surface area (Å²) in [6, 6.07) is 10.6. The zero-order chi connectivity index (χ0) is 15.4. The molecule has 3 N–H and O–H groups in total. The van der Waals surface area contributed by atoms with Crippen molar-refractivity contribution in [1.82, 2.24) is 0 Å². The summed E-state index contributed by atoms with van der Waals surface area (Å²) in [6.07, 6.45) is 0. The van der Waals surface area contributed by atoms with Crippen molar-refractivity contribution < 1.29 is 19.4 Å². The molecule has 0 atom stereocenters. The lowest BCUT2D eigenvalue weighted by Crippen LogP contribution is -2.06. The summed E-state index contributed by atoms with van der Waals surface area (Å²) in [5, 5.41) is 9.01. The molecule has 2 aromatic carbocycles. The van der Waals surface area contributed by atoms with Crippen molar-refractivity contribution in [2.45, 2.75) is 6.61 Å². The lowest BCUT2D eigenvalue weighted by Gasteiger charge is -2.07. The van der Waals surface area contributed by atoms with E-state index in [0.29, 0.717) is 11.3 Å².